The second-order valence-electron chi connectivity index (χ2n) is 6.07. The molecule has 0 unspecified atom stereocenters. The summed E-state index contributed by atoms with van der Waals surface area (Å²) in [6, 6.07) is 8.04. The molecular weight excluding hydrogens is 264 g/mol. The molecule has 1 aromatic rings. The van der Waals surface area contributed by atoms with Crippen LogP contribution in [0.3, 0.4) is 0 Å². The van der Waals surface area contributed by atoms with Crippen LogP contribution in [0.25, 0.3) is 0 Å². The van der Waals surface area contributed by atoms with Crippen LogP contribution in [0.5, 0.6) is 0 Å². The van der Waals surface area contributed by atoms with Gasteiger partial charge >= 0.3 is 0 Å². The lowest BCUT2D eigenvalue weighted by molar-refractivity contribution is -0.134. The van der Waals surface area contributed by atoms with E-state index in [0.717, 1.165) is 25.1 Å². The number of nitrogens with zero attached hydrogens (tertiary/aromatic N) is 2. The fourth-order valence-corrected chi connectivity index (χ4v) is 2.79. The van der Waals surface area contributed by atoms with Crippen LogP contribution in [0.15, 0.2) is 24.3 Å². The molecule has 0 saturated carbocycles. The molecule has 1 aliphatic rings. The van der Waals surface area contributed by atoms with E-state index < -0.39 is 0 Å². The molecule has 21 heavy (non-hydrogen) atoms. The van der Waals surface area contributed by atoms with Crippen molar-refractivity contribution in [3.63, 3.8) is 0 Å². The van der Waals surface area contributed by atoms with E-state index in [1.54, 1.807) is 4.90 Å². The monoisotopic (exact) mass is 288 g/mol. The number of benzene rings is 1. The van der Waals surface area contributed by atoms with Gasteiger partial charge in [-0.3, -0.25) is 9.59 Å². The minimum Gasteiger partial charge on any atom is -0.333 e. The van der Waals surface area contributed by atoms with Crippen LogP contribution in [-0.4, -0.2) is 36.3 Å². The van der Waals surface area contributed by atoms with E-state index in [9.17, 15) is 9.59 Å². The third-order valence-corrected chi connectivity index (χ3v) is 3.77. The summed E-state index contributed by atoms with van der Waals surface area (Å²) in [5, 5.41) is 0. The van der Waals surface area contributed by atoms with Gasteiger partial charge in [0.25, 0.3) is 0 Å². The molecule has 4 nitrogen and oxygen atoms in total. The first-order valence-electron chi connectivity index (χ1n) is 7.63. The standard InChI is InChI=1S/C17H24N2O2/c1-13(2)11-18(14(3)20)12-17(21)19-10-6-8-15-7-4-5-9-16(15)19/h4-5,7,9,13H,6,8,10-12H2,1-3H3. The fraction of sp³-hybridized carbons (Fsp3) is 0.529. The van der Waals surface area contributed by atoms with Crippen molar-refractivity contribution in [1.29, 1.82) is 0 Å². The molecule has 0 aliphatic carbocycles. The van der Waals surface area contributed by atoms with Gasteiger partial charge in [-0.05, 0) is 30.4 Å². The van der Waals surface area contributed by atoms with Crippen molar-refractivity contribution in [1.82, 2.24) is 4.90 Å². The van der Waals surface area contributed by atoms with Gasteiger partial charge in [-0.1, -0.05) is 32.0 Å². The number of fused-ring (bicyclic) bond motifs is 1. The third-order valence-electron chi connectivity index (χ3n) is 3.77. The third kappa shape index (κ3) is 3.84. The fourth-order valence-electron chi connectivity index (χ4n) is 2.79. The van der Waals surface area contributed by atoms with E-state index in [1.807, 2.05) is 23.1 Å². The molecule has 1 heterocycles. The van der Waals surface area contributed by atoms with Crippen molar-refractivity contribution >= 4 is 17.5 Å². The quantitative estimate of drug-likeness (QED) is 0.854. The van der Waals surface area contributed by atoms with Gasteiger partial charge in [0.1, 0.15) is 6.54 Å². The van der Waals surface area contributed by atoms with Crippen molar-refractivity contribution in [3.05, 3.63) is 29.8 Å². The first kappa shape index (κ1) is 15.5. The number of aryl methyl sites for hydroxylation is 1. The number of rotatable bonds is 4. The lowest BCUT2D eigenvalue weighted by Crippen LogP contribution is -2.45. The second-order valence-corrected chi connectivity index (χ2v) is 6.07. The largest absolute Gasteiger partial charge is 0.333 e. The van der Waals surface area contributed by atoms with Gasteiger partial charge in [0.15, 0.2) is 0 Å². The molecule has 4 heteroatoms. The van der Waals surface area contributed by atoms with Gasteiger partial charge in [0, 0.05) is 25.7 Å². The number of anilines is 1. The zero-order valence-corrected chi connectivity index (χ0v) is 13.1. The van der Waals surface area contributed by atoms with E-state index in [4.69, 9.17) is 0 Å². The normalized spacial score (nSPS) is 14.0. The molecule has 0 bridgehead atoms. The van der Waals surface area contributed by atoms with E-state index in [0.29, 0.717) is 12.5 Å². The first-order chi connectivity index (χ1) is 9.99. The zero-order chi connectivity index (χ0) is 15.4. The molecular formula is C17H24N2O2. The maximum Gasteiger partial charge on any atom is 0.246 e. The highest BCUT2D eigenvalue weighted by atomic mass is 16.2. The van der Waals surface area contributed by atoms with Gasteiger partial charge in [0.05, 0.1) is 0 Å². The smallest absolute Gasteiger partial charge is 0.246 e. The van der Waals surface area contributed by atoms with Crippen molar-refractivity contribution in [2.45, 2.75) is 33.6 Å². The first-order valence-corrected chi connectivity index (χ1v) is 7.63. The highest BCUT2D eigenvalue weighted by Gasteiger charge is 2.24. The molecule has 0 saturated heterocycles. The lowest BCUT2D eigenvalue weighted by Gasteiger charge is -2.32. The van der Waals surface area contributed by atoms with Crippen LogP contribution in [0.1, 0.15) is 32.8 Å². The molecule has 0 aromatic heterocycles. The SMILES string of the molecule is CC(=O)N(CC(=O)N1CCCc2ccccc21)CC(C)C. The van der Waals surface area contributed by atoms with Crippen molar-refractivity contribution < 1.29 is 9.59 Å². The number of hydrogen-bond acceptors (Lipinski definition) is 2. The summed E-state index contributed by atoms with van der Waals surface area (Å²) in [6.07, 6.45) is 2.00. The molecule has 2 rings (SSSR count). The number of amides is 2. The Hall–Kier alpha value is -1.84. The number of carbonyl (C=O) groups excluding carboxylic acids is 2. The van der Waals surface area contributed by atoms with E-state index in [1.165, 1.54) is 12.5 Å². The maximum atomic E-state index is 12.6. The zero-order valence-electron chi connectivity index (χ0n) is 13.1. The van der Waals surface area contributed by atoms with Crippen molar-refractivity contribution in [3.8, 4) is 0 Å². The molecule has 114 valence electrons. The predicted octanol–water partition coefficient (Wildman–Crippen LogP) is 2.47. The molecule has 0 atom stereocenters. The number of carbonyl (C=O) groups is 2. The summed E-state index contributed by atoms with van der Waals surface area (Å²) >= 11 is 0. The van der Waals surface area contributed by atoms with E-state index in [-0.39, 0.29) is 18.4 Å². The molecule has 2 amide bonds. The summed E-state index contributed by atoms with van der Waals surface area (Å²) in [5.41, 5.74) is 2.22. The molecule has 0 N–H and O–H groups in total. The number of para-hydroxylation sites is 1. The Morgan fingerprint density at radius 1 is 1.29 bits per heavy atom. The summed E-state index contributed by atoms with van der Waals surface area (Å²) in [6.45, 7) is 7.16. The minimum absolute atomic E-state index is 0.0120. The van der Waals surface area contributed by atoms with Crippen LogP contribution in [0.4, 0.5) is 5.69 Å². The summed E-state index contributed by atoms with van der Waals surface area (Å²) < 4.78 is 0. The molecule has 0 spiro atoms. The van der Waals surface area contributed by atoms with Gasteiger partial charge in [-0.15, -0.1) is 0 Å². The highest BCUT2D eigenvalue weighted by Crippen LogP contribution is 2.26. The molecule has 1 aliphatic heterocycles. The van der Waals surface area contributed by atoms with Crippen LogP contribution in [0, 0.1) is 5.92 Å². The highest BCUT2D eigenvalue weighted by molar-refractivity contribution is 5.97. The van der Waals surface area contributed by atoms with Gasteiger partial charge in [-0.25, -0.2) is 0 Å². The molecule has 0 radical (unpaired) electrons. The number of hydrogen-bond donors (Lipinski definition) is 0. The molecule has 1 aromatic carbocycles. The van der Waals surface area contributed by atoms with Gasteiger partial charge in [0.2, 0.25) is 11.8 Å². The van der Waals surface area contributed by atoms with Gasteiger partial charge < -0.3 is 9.80 Å². The summed E-state index contributed by atoms with van der Waals surface area (Å²) in [5.74, 6) is 0.329. The molecule has 0 fully saturated rings. The van der Waals surface area contributed by atoms with E-state index >= 15 is 0 Å². The van der Waals surface area contributed by atoms with Crippen LogP contribution in [0.2, 0.25) is 0 Å². The topological polar surface area (TPSA) is 40.6 Å². The summed E-state index contributed by atoms with van der Waals surface area (Å²) in [4.78, 5) is 27.8. The van der Waals surface area contributed by atoms with Gasteiger partial charge in [-0.2, -0.15) is 0 Å². The van der Waals surface area contributed by atoms with Crippen LogP contribution in [-0.2, 0) is 16.0 Å². The Labute approximate surface area is 126 Å². The average molecular weight is 288 g/mol. The van der Waals surface area contributed by atoms with Crippen LogP contribution < -0.4 is 4.90 Å². The minimum atomic E-state index is -0.0395. The Kier molecular flexibility index (Phi) is 4.99. The average Bonchev–Trinajstić information content (AvgIpc) is 2.45. The van der Waals surface area contributed by atoms with Crippen molar-refractivity contribution in [2.75, 3.05) is 24.5 Å². The predicted molar refractivity (Wildman–Crippen MR) is 84.2 cm³/mol. The maximum absolute atomic E-state index is 12.6. The lowest BCUT2D eigenvalue weighted by atomic mass is 10.0. The Morgan fingerprint density at radius 3 is 2.67 bits per heavy atom. The van der Waals surface area contributed by atoms with Crippen molar-refractivity contribution in [2.24, 2.45) is 5.92 Å². The Bertz CT molecular complexity index is 525. The summed E-state index contributed by atoms with van der Waals surface area (Å²) in [7, 11) is 0. The van der Waals surface area contributed by atoms with E-state index in [2.05, 4.69) is 19.9 Å². The van der Waals surface area contributed by atoms with Crippen LogP contribution >= 0.6 is 0 Å². The Morgan fingerprint density at radius 2 is 2.00 bits per heavy atom. The Balaban J connectivity index is 2.12. The second kappa shape index (κ2) is 6.74.